The summed E-state index contributed by atoms with van der Waals surface area (Å²) in [5.41, 5.74) is 2.47. The molecule has 160 valence electrons. The second kappa shape index (κ2) is 10.5. The predicted octanol–water partition coefficient (Wildman–Crippen LogP) is 3.95. The van der Waals surface area contributed by atoms with Crippen molar-refractivity contribution in [3.05, 3.63) is 71.4 Å². The van der Waals surface area contributed by atoms with Crippen molar-refractivity contribution in [3.63, 3.8) is 0 Å². The number of pyridine rings is 1. The van der Waals surface area contributed by atoms with Crippen LogP contribution in [0.25, 0.3) is 5.57 Å². The maximum absolute atomic E-state index is 13.4. The van der Waals surface area contributed by atoms with Crippen molar-refractivity contribution in [2.75, 3.05) is 34.3 Å². The van der Waals surface area contributed by atoms with Crippen LogP contribution >= 0.6 is 24.2 Å². The van der Waals surface area contributed by atoms with E-state index in [1.165, 1.54) is 18.9 Å². The van der Waals surface area contributed by atoms with Gasteiger partial charge in [-0.15, -0.1) is 12.4 Å². The summed E-state index contributed by atoms with van der Waals surface area (Å²) in [6.07, 6.45) is 5.21. The third-order valence-corrected chi connectivity index (χ3v) is 6.04. The van der Waals surface area contributed by atoms with Crippen molar-refractivity contribution in [3.8, 4) is 11.5 Å². The summed E-state index contributed by atoms with van der Waals surface area (Å²) in [5, 5.41) is 9.75. The van der Waals surface area contributed by atoms with Crippen molar-refractivity contribution >= 4 is 35.6 Å². The number of hydrogen-bond acceptors (Lipinski definition) is 6. The topological polar surface area (TPSA) is 65.9 Å². The molecule has 30 heavy (non-hydrogen) atoms. The Kier molecular flexibility index (Phi) is 8.34. The van der Waals surface area contributed by atoms with E-state index in [0.717, 1.165) is 23.2 Å². The molecule has 1 amide bonds. The van der Waals surface area contributed by atoms with Gasteiger partial charge in [-0.2, -0.15) is 0 Å². The Labute approximate surface area is 187 Å². The second-order valence-electron chi connectivity index (χ2n) is 6.89. The van der Waals surface area contributed by atoms with E-state index < -0.39 is 0 Å². The Hall–Kier alpha value is -2.48. The minimum absolute atomic E-state index is 0. The number of aromatic nitrogens is 1. The number of allylic oxidation sites excluding steroid dienone is 2. The lowest BCUT2D eigenvalue weighted by Gasteiger charge is -2.24. The average Bonchev–Trinajstić information content (AvgIpc) is 3.05. The standard InChI is InChI=1S/C22H25N3O3S.ClH/c1-5-17(15-8-9-18(26)19(13-15)28-4)20-21(27)25(12-11-24(2)3)22(29-20)16-7-6-10-23-14-16;/h5-10,13-14,22,26H,1,11-12H2,2-4H3;1H. The van der Waals surface area contributed by atoms with Gasteiger partial charge >= 0.3 is 0 Å². The number of hydrogen-bond donors (Lipinski definition) is 1. The van der Waals surface area contributed by atoms with Crippen LogP contribution in [-0.2, 0) is 4.79 Å². The van der Waals surface area contributed by atoms with Crippen LogP contribution in [0.3, 0.4) is 0 Å². The molecule has 0 saturated carbocycles. The third kappa shape index (κ3) is 4.98. The van der Waals surface area contributed by atoms with Crippen LogP contribution in [0, 0.1) is 0 Å². The minimum atomic E-state index is -0.153. The number of phenols is 1. The first-order valence-corrected chi connectivity index (χ1v) is 10.1. The molecule has 0 radical (unpaired) electrons. The van der Waals surface area contributed by atoms with Gasteiger partial charge in [-0.1, -0.05) is 36.5 Å². The van der Waals surface area contributed by atoms with Crippen molar-refractivity contribution in [2.24, 2.45) is 0 Å². The number of nitrogens with zero attached hydrogens (tertiary/aromatic N) is 3. The number of methoxy groups -OCH3 is 1. The number of thioether (sulfide) groups is 1. The van der Waals surface area contributed by atoms with E-state index in [1.54, 1.807) is 36.7 Å². The van der Waals surface area contributed by atoms with Gasteiger partial charge < -0.3 is 19.6 Å². The largest absolute Gasteiger partial charge is 0.504 e. The molecule has 3 rings (SSSR count). The molecule has 1 aliphatic heterocycles. The Morgan fingerprint density at radius 1 is 1.40 bits per heavy atom. The quantitative estimate of drug-likeness (QED) is 0.648. The highest BCUT2D eigenvalue weighted by Crippen LogP contribution is 2.48. The zero-order valence-corrected chi connectivity index (χ0v) is 18.9. The molecular formula is C22H26ClN3O3S. The fourth-order valence-corrected chi connectivity index (χ4v) is 4.50. The molecule has 0 bridgehead atoms. The van der Waals surface area contributed by atoms with Crippen molar-refractivity contribution in [1.29, 1.82) is 0 Å². The van der Waals surface area contributed by atoms with E-state index in [0.29, 0.717) is 17.2 Å². The Morgan fingerprint density at radius 3 is 2.77 bits per heavy atom. The molecule has 2 heterocycles. The lowest BCUT2D eigenvalue weighted by Crippen LogP contribution is -2.34. The van der Waals surface area contributed by atoms with Crippen molar-refractivity contribution in [1.82, 2.24) is 14.8 Å². The highest BCUT2D eigenvalue weighted by atomic mass is 35.5. The van der Waals surface area contributed by atoms with Gasteiger partial charge in [-0.05, 0) is 37.9 Å². The van der Waals surface area contributed by atoms with Crippen molar-refractivity contribution < 1.29 is 14.6 Å². The zero-order valence-electron chi connectivity index (χ0n) is 17.2. The van der Waals surface area contributed by atoms with Crippen LogP contribution in [-0.4, -0.2) is 60.1 Å². The van der Waals surface area contributed by atoms with Crippen LogP contribution in [0.2, 0.25) is 0 Å². The number of carbonyl (C=O) groups is 1. The number of benzene rings is 1. The molecule has 1 atom stereocenters. The van der Waals surface area contributed by atoms with Crippen LogP contribution in [0.15, 0.2) is 60.3 Å². The fraction of sp³-hybridized carbons (Fsp3) is 0.273. The zero-order chi connectivity index (χ0) is 21.0. The predicted molar refractivity (Wildman–Crippen MR) is 124 cm³/mol. The second-order valence-corrected chi connectivity index (χ2v) is 7.98. The molecule has 1 fully saturated rings. The van der Waals surface area contributed by atoms with E-state index in [-0.39, 0.29) is 29.4 Å². The maximum Gasteiger partial charge on any atom is 0.262 e. The lowest BCUT2D eigenvalue weighted by molar-refractivity contribution is -0.126. The van der Waals surface area contributed by atoms with Crippen LogP contribution in [0.4, 0.5) is 0 Å². The normalized spacial score (nSPS) is 17.7. The number of carbonyl (C=O) groups excluding carboxylic acids is 1. The smallest absolute Gasteiger partial charge is 0.262 e. The molecule has 1 unspecified atom stereocenters. The highest BCUT2D eigenvalue weighted by molar-refractivity contribution is 8.04. The molecule has 1 saturated heterocycles. The Morgan fingerprint density at radius 2 is 2.17 bits per heavy atom. The molecule has 1 aromatic carbocycles. The molecule has 1 aliphatic rings. The summed E-state index contributed by atoms with van der Waals surface area (Å²) in [5.74, 6) is 0.370. The molecular weight excluding hydrogens is 422 g/mol. The SMILES string of the molecule is C=CC(=C1SC(c2cccnc2)N(CCN(C)C)C1=O)c1ccc(O)c(OC)c1.Cl. The maximum atomic E-state index is 13.4. The van der Waals surface area contributed by atoms with E-state index in [9.17, 15) is 9.90 Å². The molecule has 1 N–H and O–H groups in total. The molecule has 8 heteroatoms. The number of phenolic OH excluding ortho intramolecular Hbond substituents is 1. The minimum Gasteiger partial charge on any atom is -0.504 e. The van der Waals surface area contributed by atoms with Gasteiger partial charge in [-0.25, -0.2) is 0 Å². The molecule has 6 nitrogen and oxygen atoms in total. The average molecular weight is 448 g/mol. The number of rotatable bonds is 7. The first-order chi connectivity index (χ1) is 14.0. The van der Waals surface area contributed by atoms with Gasteiger partial charge in [0.2, 0.25) is 0 Å². The monoisotopic (exact) mass is 447 g/mol. The number of ether oxygens (including phenoxy) is 1. The van der Waals surface area contributed by atoms with Gasteiger partial charge in [0.05, 0.1) is 12.0 Å². The summed E-state index contributed by atoms with van der Waals surface area (Å²) in [6.45, 7) is 5.28. The van der Waals surface area contributed by atoms with Crippen LogP contribution < -0.4 is 4.74 Å². The summed E-state index contributed by atoms with van der Waals surface area (Å²) >= 11 is 1.50. The van der Waals surface area contributed by atoms with E-state index in [1.807, 2.05) is 31.1 Å². The first-order valence-electron chi connectivity index (χ1n) is 9.22. The van der Waals surface area contributed by atoms with Crippen LogP contribution in [0.1, 0.15) is 16.5 Å². The third-order valence-electron chi connectivity index (χ3n) is 4.66. The van der Waals surface area contributed by atoms with Gasteiger partial charge in [0.25, 0.3) is 5.91 Å². The number of aromatic hydroxyl groups is 1. The molecule has 2 aromatic rings. The lowest BCUT2D eigenvalue weighted by atomic mass is 10.0. The summed E-state index contributed by atoms with van der Waals surface area (Å²) in [7, 11) is 5.47. The highest BCUT2D eigenvalue weighted by Gasteiger charge is 2.38. The molecule has 1 aromatic heterocycles. The Bertz CT molecular complexity index is 934. The number of halogens is 1. The van der Waals surface area contributed by atoms with Crippen molar-refractivity contribution in [2.45, 2.75) is 5.37 Å². The molecule has 0 spiro atoms. The van der Waals surface area contributed by atoms with Gasteiger partial charge in [0.15, 0.2) is 11.5 Å². The number of likely N-dealkylation sites (N-methyl/N-ethyl adjacent to an activating group) is 1. The van der Waals surface area contributed by atoms with Gasteiger partial charge in [-0.3, -0.25) is 9.78 Å². The van der Waals surface area contributed by atoms with Crippen LogP contribution in [0.5, 0.6) is 11.5 Å². The van der Waals surface area contributed by atoms with Gasteiger partial charge in [0.1, 0.15) is 5.37 Å². The van der Waals surface area contributed by atoms with E-state index in [2.05, 4.69) is 16.5 Å². The van der Waals surface area contributed by atoms with E-state index in [4.69, 9.17) is 4.74 Å². The Balaban J connectivity index is 0.00000320. The van der Waals surface area contributed by atoms with E-state index >= 15 is 0 Å². The summed E-state index contributed by atoms with van der Waals surface area (Å²) in [6, 6.07) is 8.91. The number of amides is 1. The summed E-state index contributed by atoms with van der Waals surface area (Å²) < 4.78 is 5.22. The fourth-order valence-electron chi connectivity index (χ4n) is 3.12. The summed E-state index contributed by atoms with van der Waals surface area (Å²) in [4.78, 5) is 22.2. The molecule has 0 aliphatic carbocycles. The van der Waals surface area contributed by atoms with Gasteiger partial charge in [0, 0.05) is 36.6 Å². The first kappa shape index (κ1) is 23.8.